The van der Waals surface area contributed by atoms with Gasteiger partial charge in [0.05, 0.1) is 19.2 Å². The number of thioether (sulfide) groups is 1. The summed E-state index contributed by atoms with van der Waals surface area (Å²) in [5, 5.41) is 0.483. The van der Waals surface area contributed by atoms with E-state index in [0.29, 0.717) is 16.6 Å². The Hall–Kier alpha value is -1.60. The molecule has 1 aromatic carbocycles. The summed E-state index contributed by atoms with van der Waals surface area (Å²) in [6, 6.07) is 9.15. The Labute approximate surface area is 134 Å². The van der Waals surface area contributed by atoms with Gasteiger partial charge in [0.1, 0.15) is 0 Å². The number of aromatic nitrogens is 2. The molecule has 2 aromatic rings. The summed E-state index contributed by atoms with van der Waals surface area (Å²) in [6.45, 7) is 0. The fourth-order valence-electron chi connectivity index (χ4n) is 1.62. The second-order valence-electron chi connectivity index (χ2n) is 4.17. The predicted molar refractivity (Wildman–Crippen MR) is 84.3 cm³/mol. The number of hydrogen-bond donors (Lipinski definition) is 1. The molecule has 21 heavy (non-hydrogen) atoms. The van der Waals surface area contributed by atoms with Crippen LogP contribution in [0.2, 0.25) is 0 Å². The van der Waals surface area contributed by atoms with Crippen LogP contribution in [0.5, 0.6) is 0 Å². The Morgan fingerprint density at radius 2 is 2.19 bits per heavy atom. The summed E-state index contributed by atoms with van der Waals surface area (Å²) in [5.41, 5.74) is 1.22. The van der Waals surface area contributed by atoms with E-state index in [1.165, 1.54) is 24.9 Å². The van der Waals surface area contributed by atoms with Crippen molar-refractivity contribution in [2.24, 2.45) is 0 Å². The molecule has 0 aliphatic heterocycles. The van der Waals surface area contributed by atoms with E-state index in [1.54, 1.807) is 0 Å². The largest absolute Gasteiger partial charge is 0.469 e. The van der Waals surface area contributed by atoms with Gasteiger partial charge in [0.15, 0.2) is 5.16 Å². The lowest BCUT2D eigenvalue weighted by atomic mass is 10.2. The van der Waals surface area contributed by atoms with Crippen LogP contribution in [0.15, 0.2) is 44.8 Å². The van der Waals surface area contributed by atoms with Gasteiger partial charge in [0, 0.05) is 16.3 Å². The molecule has 110 valence electrons. The molecule has 0 radical (unpaired) electrons. The van der Waals surface area contributed by atoms with Gasteiger partial charge in [0.2, 0.25) is 0 Å². The van der Waals surface area contributed by atoms with Crippen LogP contribution in [-0.2, 0) is 21.7 Å². The second kappa shape index (κ2) is 7.42. The summed E-state index contributed by atoms with van der Waals surface area (Å²) >= 11 is 4.88. The maximum Gasteiger partial charge on any atom is 0.311 e. The number of nitrogens with zero attached hydrogens (tertiary/aromatic N) is 1. The summed E-state index contributed by atoms with van der Waals surface area (Å²) in [7, 11) is 1.30. The van der Waals surface area contributed by atoms with Crippen molar-refractivity contribution in [1.29, 1.82) is 0 Å². The highest BCUT2D eigenvalue weighted by Crippen LogP contribution is 2.24. The van der Waals surface area contributed by atoms with Crippen LogP contribution in [0.1, 0.15) is 11.3 Å². The van der Waals surface area contributed by atoms with Gasteiger partial charge in [-0.3, -0.25) is 9.59 Å². The maximum atomic E-state index is 11.6. The van der Waals surface area contributed by atoms with Crippen LogP contribution in [0.3, 0.4) is 0 Å². The number of methoxy groups -OCH3 is 1. The molecule has 5 nitrogen and oxygen atoms in total. The lowest BCUT2D eigenvalue weighted by Gasteiger charge is -2.05. The third-order valence-corrected chi connectivity index (χ3v) is 4.34. The van der Waals surface area contributed by atoms with Crippen molar-refractivity contribution >= 4 is 33.7 Å². The normalized spacial score (nSPS) is 10.4. The fourth-order valence-corrected chi connectivity index (χ4v) is 3.13. The third-order valence-electron chi connectivity index (χ3n) is 2.65. The highest BCUT2D eigenvalue weighted by molar-refractivity contribution is 9.10. The zero-order chi connectivity index (χ0) is 15.2. The van der Waals surface area contributed by atoms with Crippen LogP contribution in [0.4, 0.5) is 0 Å². The summed E-state index contributed by atoms with van der Waals surface area (Å²) in [4.78, 5) is 29.7. The molecule has 2 rings (SSSR count). The van der Waals surface area contributed by atoms with Gasteiger partial charge >= 0.3 is 5.97 Å². The van der Waals surface area contributed by atoms with Crippen molar-refractivity contribution in [3.8, 4) is 0 Å². The van der Waals surface area contributed by atoms with E-state index >= 15 is 0 Å². The first-order valence-corrected chi connectivity index (χ1v) is 7.89. The van der Waals surface area contributed by atoms with E-state index in [-0.39, 0.29) is 12.0 Å². The number of esters is 1. The van der Waals surface area contributed by atoms with Crippen LogP contribution in [-0.4, -0.2) is 23.0 Å². The highest BCUT2D eigenvalue weighted by atomic mass is 79.9. The van der Waals surface area contributed by atoms with E-state index in [1.807, 2.05) is 24.3 Å². The second-order valence-corrected chi connectivity index (χ2v) is 5.99. The molecule has 0 aliphatic rings. The Morgan fingerprint density at radius 1 is 1.43 bits per heavy atom. The van der Waals surface area contributed by atoms with Gasteiger partial charge < -0.3 is 9.72 Å². The molecule has 0 amide bonds. The van der Waals surface area contributed by atoms with Crippen LogP contribution in [0.25, 0.3) is 0 Å². The number of carbonyl (C=O) groups excluding carboxylic acids is 1. The SMILES string of the molecule is COC(=O)Cc1cc(=O)[nH]c(SCc2ccccc2Br)n1. The van der Waals surface area contributed by atoms with Gasteiger partial charge in [-0.05, 0) is 11.6 Å². The lowest BCUT2D eigenvalue weighted by molar-refractivity contribution is -0.139. The van der Waals surface area contributed by atoms with Crippen molar-refractivity contribution in [3.63, 3.8) is 0 Å². The first kappa shape index (κ1) is 15.8. The number of hydrogen-bond acceptors (Lipinski definition) is 5. The average molecular weight is 369 g/mol. The van der Waals surface area contributed by atoms with Crippen molar-refractivity contribution < 1.29 is 9.53 Å². The van der Waals surface area contributed by atoms with E-state index in [0.717, 1.165) is 10.0 Å². The number of rotatable bonds is 5. The van der Waals surface area contributed by atoms with Crippen molar-refractivity contribution in [3.05, 3.63) is 56.4 Å². The monoisotopic (exact) mass is 368 g/mol. The number of H-pyrrole nitrogens is 1. The summed E-state index contributed by atoms with van der Waals surface area (Å²) in [6.07, 6.45) is -0.0109. The number of nitrogens with one attached hydrogen (secondary N) is 1. The van der Waals surface area contributed by atoms with E-state index in [2.05, 4.69) is 30.6 Å². The zero-order valence-electron chi connectivity index (χ0n) is 11.3. The Balaban J connectivity index is 2.11. The molecule has 0 saturated heterocycles. The van der Waals surface area contributed by atoms with Crippen LogP contribution in [0, 0.1) is 0 Å². The van der Waals surface area contributed by atoms with E-state index < -0.39 is 5.97 Å². The van der Waals surface area contributed by atoms with Crippen molar-refractivity contribution in [1.82, 2.24) is 9.97 Å². The molecule has 0 atom stereocenters. The van der Waals surface area contributed by atoms with Gasteiger partial charge in [-0.25, -0.2) is 4.98 Å². The number of aromatic amines is 1. The summed E-state index contributed by atoms with van der Waals surface area (Å²) < 4.78 is 5.58. The minimum absolute atomic E-state index is 0.0109. The van der Waals surface area contributed by atoms with Gasteiger partial charge in [-0.2, -0.15) is 0 Å². The van der Waals surface area contributed by atoms with Gasteiger partial charge in [-0.1, -0.05) is 45.9 Å². The first-order chi connectivity index (χ1) is 10.1. The molecule has 1 aromatic heterocycles. The smallest absolute Gasteiger partial charge is 0.311 e. The standard InChI is InChI=1S/C14H13BrN2O3S/c1-20-13(19)7-10-6-12(18)17-14(16-10)21-8-9-4-2-3-5-11(9)15/h2-6H,7-8H2,1H3,(H,16,17,18). The Morgan fingerprint density at radius 3 is 2.90 bits per heavy atom. The van der Waals surface area contributed by atoms with E-state index in [9.17, 15) is 9.59 Å². The lowest BCUT2D eigenvalue weighted by Crippen LogP contribution is -2.13. The molecule has 0 aliphatic carbocycles. The molecule has 0 saturated carbocycles. The quantitative estimate of drug-likeness (QED) is 0.498. The predicted octanol–water partition coefficient (Wildman–Crippen LogP) is 2.54. The first-order valence-electron chi connectivity index (χ1n) is 6.11. The van der Waals surface area contributed by atoms with E-state index in [4.69, 9.17) is 0 Å². The highest BCUT2D eigenvalue weighted by Gasteiger charge is 2.08. The molecule has 0 spiro atoms. The molecule has 1 heterocycles. The number of carbonyl (C=O) groups is 1. The summed E-state index contributed by atoms with van der Waals surface area (Å²) in [5.74, 6) is 0.237. The molecule has 0 bridgehead atoms. The fraction of sp³-hybridized carbons (Fsp3) is 0.214. The van der Waals surface area contributed by atoms with Crippen molar-refractivity contribution in [2.45, 2.75) is 17.3 Å². The molecule has 0 fully saturated rings. The number of ether oxygens (including phenoxy) is 1. The Kier molecular flexibility index (Phi) is 5.58. The van der Waals surface area contributed by atoms with Crippen molar-refractivity contribution in [2.75, 3.05) is 7.11 Å². The average Bonchev–Trinajstić information content (AvgIpc) is 2.45. The topological polar surface area (TPSA) is 72.1 Å². The number of benzene rings is 1. The maximum absolute atomic E-state index is 11.6. The molecule has 0 unspecified atom stereocenters. The van der Waals surface area contributed by atoms with Crippen LogP contribution < -0.4 is 5.56 Å². The van der Waals surface area contributed by atoms with Gasteiger partial charge in [-0.15, -0.1) is 0 Å². The van der Waals surface area contributed by atoms with Crippen LogP contribution >= 0.6 is 27.7 Å². The van der Waals surface area contributed by atoms with Gasteiger partial charge in [0.25, 0.3) is 5.56 Å². The minimum Gasteiger partial charge on any atom is -0.469 e. The number of halogens is 1. The molecular formula is C14H13BrN2O3S. The minimum atomic E-state index is -0.421. The zero-order valence-corrected chi connectivity index (χ0v) is 13.7. The molecular weight excluding hydrogens is 356 g/mol. The molecule has 1 N–H and O–H groups in total. The Bertz CT molecular complexity index is 703. The molecule has 7 heteroatoms. The third kappa shape index (κ3) is 4.71.